The first kappa shape index (κ1) is 9.37. The van der Waals surface area contributed by atoms with Crippen molar-refractivity contribution in [2.75, 3.05) is 6.54 Å². The lowest BCUT2D eigenvalue weighted by Crippen LogP contribution is -2.66. The molecule has 2 nitrogen and oxygen atoms in total. The van der Waals surface area contributed by atoms with E-state index in [-0.39, 0.29) is 0 Å². The van der Waals surface area contributed by atoms with Gasteiger partial charge >= 0.3 is 0 Å². The second kappa shape index (κ2) is 3.62. The molecular formula is C13H17NO. The van der Waals surface area contributed by atoms with Gasteiger partial charge in [-0.25, -0.2) is 0 Å². The van der Waals surface area contributed by atoms with Crippen LogP contribution in [0.15, 0.2) is 30.3 Å². The maximum absolute atomic E-state index is 5.86. The van der Waals surface area contributed by atoms with Crippen molar-refractivity contribution < 1.29 is 4.74 Å². The summed E-state index contributed by atoms with van der Waals surface area (Å²) in [7, 11) is 0. The molecule has 1 spiro atoms. The van der Waals surface area contributed by atoms with Crippen LogP contribution in [-0.4, -0.2) is 18.2 Å². The molecule has 3 rings (SSSR count). The normalized spacial score (nSPS) is 33.5. The summed E-state index contributed by atoms with van der Waals surface area (Å²) in [6.45, 7) is 1.97. The third kappa shape index (κ3) is 1.80. The SMILES string of the molecule is c1ccc(COC2CC3(CCN3)C2)cc1. The average Bonchev–Trinajstić information content (AvgIpc) is 2.15. The van der Waals surface area contributed by atoms with Gasteiger partial charge in [-0.3, -0.25) is 0 Å². The Bertz CT molecular complexity index is 324. The van der Waals surface area contributed by atoms with Crippen molar-refractivity contribution >= 4 is 0 Å². The molecule has 0 radical (unpaired) electrons. The fourth-order valence-corrected chi connectivity index (χ4v) is 2.55. The second-order valence-corrected chi connectivity index (χ2v) is 4.78. The van der Waals surface area contributed by atoms with E-state index in [1.807, 2.05) is 6.07 Å². The molecule has 1 aromatic rings. The van der Waals surface area contributed by atoms with E-state index in [9.17, 15) is 0 Å². The van der Waals surface area contributed by atoms with Crippen molar-refractivity contribution in [3.8, 4) is 0 Å². The second-order valence-electron chi connectivity index (χ2n) is 4.78. The first-order valence-corrected chi connectivity index (χ1v) is 5.77. The van der Waals surface area contributed by atoms with E-state index < -0.39 is 0 Å². The zero-order valence-electron chi connectivity index (χ0n) is 8.91. The molecule has 1 saturated carbocycles. The summed E-state index contributed by atoms with van der Waals surface area (Å²) in [5.41, 5.74) is 1.77. The largest absolute Gasteiger partial charge is 0.373 e. The molecule has 15 heavy (non-hydrogen) atoms. The van der Waals surface area contributed by atoms with Gasteiger partial charge in [0.2, 0.25) is 0 Å². The van der Waals surface area contributed by atoms with E-state index in [1.165, 1.54) is 31.4 Å². The predicted molar refractivity (Wildman–Crippen MR) is 59.6 cm³/mol. The van der Waals surface area contributed by atoms with Gasteiger partial charge in [0.05, 0.1) is 12.7 Å². The summed E-state index contributed by atoms with van der Waals surface area (Å²) in [4.78, 5) is 0. The quantitative estimate of drug-likeness (QED) is 0.812. The van der Waals surface area contributed by atoms with E-state index >= 15 is 0 Å². The molecule has 2 heteroatoms. The van der Waals surface area contributed by atoms with Crippen LogP contribution in [0.5, 0.6) is 0 Å². The minimum atomic E-state index is 0.484. The van der Waals surface area contributed by atoms with Crippen molar-refractivity contribution in [1.82, 2.24) is 5.32 Å². The first-order valence-electron chi connectivity index (χ1n) is 5.77. The van der Waals surface area contributed by atoms with Gasteiger partial charge in [-0.15, -0.1) is 0 Å². The number of benzene rings is 1. The Hall–Kier alpha value is -0.860. The van der Waals surface area contributed by atoms with Crippen molar-refractivity contribution in [1.29, 1.82) is 0 Å². The Labute approximate surface area is 90.6 Å². The summed E-state index contributed by atoms with van der Waals surface area (Å²) >= 11 is 0. The summed E-state index contributed by atoms with van der Waals surface area (Å²) in [5.74, 6) is 0. The van der Waals surface area contributed by atoms with Crippen molar-refractivity contribution in [2.24, 2.45) is 0 Å². The van der Waals surface area contributed by atoms with E-state index in [0.717, 1.165) is 6.61 Å². The Morgan fingerprint density at radius 2 is 2.00 bits per heavy atom. The first-order chi connectivity index (χ1) is 7.36. The van der Waals surface area contributed by atoms with Gasteiger partial charge in [-0.1, -0.05) is 30.3 Å². The van der Waals surface area contributed by atoms with Crippen LogP contribution in [0.25, 0.3) is 0 Å². The molecule has 2 fully saturated rings. The Kier molecular flexibility index (Phi) is 2.26. The van der Waals surface area contributed by atoms with E-state index in [2.05, 4.69) is 29.6 Å². The zero-order chi connectivity index (χ0) is 10.1. The molecule has 1 heterocycles. The van der Waals surface area contributed by atoms with E-state index in [4.69, 9.17) is 4.74 Å². The van der Waals surface area contributed by atoms with Gasteiger partial charge in [-0.2, -0.15) is 0 Å². The molecule has 1 aliphatic heterocycles. The summed E-state index contributed by atoms with van der Waals surface area (Å²) < 4.78 is 5.86. The van der Waals surface area contributed by atoms with Crippen LogP contribution in [0.3, 0.4) is 0 Å². The monoisotopic (exact) mass is 203 g/mol. The average molecular weight is 203 g/mol. The van der Waals surface area contributed by atoms with Gasteiger partial charge in [0.1, 0.15) is 0 Å². The smallest absolute Gasteiger partial charge is 0.0720 e. The molecule has 1 N–H and O–H groups in total. The predicted octanol–water partition coefficient (Wildman–Crippen LogP) is 2.10. The molecule has 0 aromatic heterocycles. The van der Waals surface area contributed by atoms with Crippen molar-refractivity contribution in [3.63, 3.8) is 0 Å². The van der Waals surface area contributed by atoms with E-state index in [1.54, 1.807) is 0 Å². The van der Waals surface area contributed by atoms with Crippen LogP contribution in [0.1, 0.15) is 24.8 Å². The van der Waals surface area contributed by atoms with Crippen LogP contribution in [0, 0.1) is 0 Å². The maximum atomic E-state index is 5.86. The third-order valence-electron chi connectivity index (χ3n) is 3.67. The zero-order valence-corrected chi connectivity index (χ0v) is 8.91. The highest BCUT2D eigenvalue weighted by molar-refractivity contribution is 5.14. The molecule has 1 saturated heterocycles. The van der Waals surface area contributed by atoms with Gasteiger partial charge in [0, 0.05) is 5.54 Å². The molecular weight excluding hydrogens is 186 g/mol. The molecule has 1 aliphatic carbocycles. The van der Waals surface area contributed by atoms with Crippen LogP contribution < -0.4 is 5.32 Å². The fourth-order valence-electron chi connectivity index (χ4n) is 2.55. The Morgan fingerprint density at radius 3 is 2.60 bits per heavy atom. The lowest BCUT2D eigenvalue weighted by Gasteiger charge is -2.54. The molecule has 0 atom stereocenters. The Balaban J connectivity index is 1.44. The van der Waals surface area contributed by atoms with Gasteiger partial charge in [-0.05, 0) is 31.4 Å². The molecule has 80 valence electrons. The molecule has 2 aliphatic rings. The summed E-state index contributed by atoms with van der Waals surface area (Å²) in [5, 5.41) is 3.51. The van der Waals surface area contributed by atoms with E-state index in [0.29, 0.717) is 11.6 Å². The lowest BCUT2D eigenvalue weighted by molar-refractivity contribution is -0.0865. The molecule has 0 bridgehead atoms. The number of nitrogens with one attached hydrogen (secondary N) is 1. The number of ether oxygens (including phenoxy) is 1. The highest BCUT2D eigenvalue weighted by atomic mass is 16.5. The third-order valence-corrected chi connectivity index (χ3v) is 3.67. The highest BCUT2D eigenvalue weighted by Crippen LogP contribution is 2.41. The number of rotatable bonds is 3. The highest BCUT2D eigenvalue weighted by Gasteiger charge is 2.48. The number of hydrogen-bond donors (Lipinski definition) is 1. The minimum Gasteiger partial charge on any atom is -0.373 e. The fraction of sp³-hybridized carbons (Fsp3) is 0.538. The molecule has 0 amide bonds. The van der Waals surface area contributed by atoms with Crippen LogP contribution in [-0.2, 0) is 11.3 Å². The van der Waals surface area contributed by atoms with Gasteiger partial charge < -0.3 is 10.1 Å². The standard InChI is InChI=1S/C13H17NO/c1-2-4-11(5-3-1)10-15-12-8-13(9-12)6-7-14-13/h1-5,12,14H,6-10H2. The number of hydrogen-bond acceptors (Lipinski definition) is 2. The molecule has 1 aromatic carbocycles. The lowest BCUT2D eigenvalue weighted by atomic mass is 9.68. The van der Waals surface area contributed by atoms with Gasteiger partial charge in [0.25, 0.3) is 0 Å². The summed E-state index contributed by atoms with van der Waals surface area (Å²) in [6, 6.07) is 10.4. The van der Waals surface area contributed by atoms with Crippen molar-refractivity contribution in [3.05, 3.63) is 35.9 Å². The van der Waals surface area contributed by atoms with Crippen LogP contribution in [0.4, 0.5) is 0 Å². The van der Waals surface area contributed by atoms with Gasteiger partial charge in [0.15, 0.2) is 0 Å². The molecule has 0 unspecified atom stereocenters. The minimum absolute atomic E-state index is 0.484. The Morgan fingerprint density at radius 1 is 1.27 bits per heavy atom. The summed E-state index contributed by atoms with van der Waals surface area (Å²) in [6.07, 6.45) is 4.25. The van der Waals surface area contributed by atoms with Crippen LogP contribution >= 0.6 is 0 Å². The maximum Gasteiger partial charge on any atom is 0.0720 e. The topological polar surface area (TPSA) is 21.3 Å². The van der Waals surface area contributed by atoms with Crippen LogP contribution in [0.2, 0.25) is 0 Å². The van der Waals surface area contributed by atoms with Crippen molar-refractivity contribution in [2.45, 2.75) is 37.5 Å².